The molecule has 21 heavy (non-hydrogen) atoms. The van der Waals surface area contributed by atoms with Crippen LogP contribution in [0, 0.1) is 5.92 Å². The van der Waals surface area contributed by atoms with Crippen molar-refractivity contribution >= 4 is 11.7 Å². The fourth-order valence-electron chi connectivity index (χ4n) is 3.28. The van der Waals surface area contributed by atoms with Gasteiger partial charge >= 0.3 is 5.97 Å². The highest BCUT2D eigenvalue weighted by Gasteiger charge is 2.47. The summed E-state index contributed by atoms with van der Waals surface area (Å²) in [4.78, 5) is 17.4. The molecular weight excluding hydrogens is 270 g/mol. The Morgan fingerprint density at radius 2 is 2.29 bits per heavy atom. The van der Waals surface area contributed by atoms with Crippen molar-refractivity contribution in [3.05, 3.63) is 11.3 Å². The van der Waals surface area contributed by atoms with Gasteiger partial charge in [0.1, 0.15) is 23.5 Å². The first-order chi connectivity index (χ1) is 10.0. The van der Waals surface area contributed by atoms with Crippen molar-refractivity contribution in [3.63, 3.8) is 0 Å². The normalized spacial score (nSPS) is 30.0. The van der Waals surface area contributed by atoms with E-state index in [0.717, 1.165) is 25.7 Å². The lowest BCUT2D eigenvalue weighted by Crippen LogP contribution is -2.39. The Morgan fingerprint density at radius 1 is 1.52 bits per heavy atom. The van der Waals surface area contributed by atoms with Crippen LogP contribution in [0.5, 0.6) is 0 Å². The van der Waals surface area contributed by atoms with Crippen molar-refractivity contribution in [3.8, 4) is 0 Å². The van der Waals surface area contributed by atoms with E-state index in [1.165, 1.54) is 0 Å². The molecule has 0 aromatic heterocycles. The Morgan fingerprint density at radius 3 is 2.81 bits per heavy atom. The molecule has 5 nitrogen and oxygen atoms in total. The van der Waals surface area contributed by atoms with Gasteiger partial charge in [-0.25, -0.2) is 4.79 Å². The summed E-state index contributed by atoms with van der Waals surface area (Å²) < 4.78 is 5.70. The highest BCUT2D eigenvalue weighted by molar-refractivity contribution is 6.20. The molecular formula is C16H25NO4. The lowest BCUT2D eigenvalue weighted by atomic mass is 9.89. The average Bonchev–Trinajstić information content (AvgIpc) is 2.75. The van der Waals surface area contributed by atoms with Gasteiger partial charge in [0, 0.05) is 6.42 Å². The molecule has 0 aromatic carbocycles. The number of oxime groups is 1. The molecule has 1 fully saturated rings. The zero-order valence-corrected chi connectivity index (χ0v) is 13.1. The number of hydrogen-bond donors (Lipinski definition) is 1. The lowest BCUT2D eigenvalue weighted by Gasteiger charge is -2.34. The van der Waals surface area contributed by atoms with Crippen LogP contribution in [0.3, 0.4) is 0 Å². The van der Waals surface area contributed by atoms with Crippen molar-refractivity contribution in [1.29, 1.82) is 0 Å². The molecule has 2 rings (SSSR count). The van der Waals surface area contributed by atoms with Gasteiger partial charge in [-0.15, -0.1) is 0 Å². The molecule has 2 aliphatic rings. The van der Waals surface area contributed by atoms with Crippen LogP contribution < -0.4 is 0 Å². The van der Waals surface area contributed by atoms with E-state index >= 15 is 0 Å². The number of carbonyl (C=O) groups is 1. The van der Waals surface area contributed by atoms with E-state index in [-0.39, 0.29) is 11.3 Å². The van der Waals surface area contributed by atoms with Gasteiger partial charge in [0.05, 0.1) is 5.71 Å². The standard InChI is InChI=1S/C16H25NO4/c1-4-6-12(17-20-5-2)14-13(18)10-16(21-15(14)19)8-7-11(3)9-16/h11,18H,4-10H2,1-3H3/b17-12+. The van der Waals surface area contributed by atoms with Crippen LogP contribution in [0.15, 0.2) is 16.5 Å². The smallest absolute Gasteiger partial charge is 0.344 e. The molecule has 0 radical (unpaired) electrons. The number of nitrogens with zero attached hydrogens (tertiary/aromatic N) is 1. The van der Waals surface area contributed by atoms with E-state index in [2.05, 4.69) is 12.1 Å². The molecule has 0 aromatic rings. The molecule has 5 heteroatoms. The third-order valence-electron chi connectivity index (χ3n) is 4.18. The third-order valence-corrected chi connectivity index (χ3v) is 4.18. The van der Waals surface area contributed by atoms with Gasteiger partial charge in [0.25, 0.3) is 0 Å². The second-order valence-corrected chi connectivity index (χ2v) is 6.12. The van der Waals surface area contributed by atoms with E-state index < -0.39 is 11.6 Å². The summed E-state index contributed by atoms with van der Waals surface area (Å²) in [6.07, 6.45) is 4.47. The van der Waals surface area contributed by atoms with Gasteiger partial charge in [-0.2, -0.15) is 0 Å². The van der Waals surface area contributed by atoms with E-state index in [9.17, 15) is 9.90 Å². The van der Waals surface area contributed by atoms with Gasteiger partial charge in [0.2, 0.25) is 0 Å². The molecule has 1 aliphatic carbocycles. The molecule has 1 spiro atoms. The van der Waals surface area contributed by atoms with Crippen LogP contribution >= 0.6 is 0 Å². The van der Waals surface area contributed by atoms with Crippen molar-refractivity contribution in [1.82, 2.24) is 0 Å². The third kappa shape index (κ3) is 3.39. The zero-order valence-electron chi connectivity index (χ0n) is 13.1. The predicted molar refractivity (Wildman–Crippen MR) is 80.1 cm³/mol. The molecule has 1 N–H and O–H groups in total. The maximum Gasteiger partial charge on any atom is 0.344 e. The number of ether oxygens (including phenoxy) is 1. The number of esters is 1. The van der Waals surface area contributed by atoms with Crippen molar-refractivity contribution < 1.29 is 19.5 Å². The second kappa shape index (κ2) is 6.50. The van der Waals surface area contributed by atoms with E-state index in [1.807, 2.05) is 13.8 Å². The first kappa shape index (κ1) is 15.9. The van der Waals surface area contributed by atoms with Crippen LogP contribution in [-0.4, -0.2) is 29.0 Å². The van der Waals surface area contributed by atoms with Crippen LogP contribution in [-0.2, 0) is 14.4 Å². The van der Waals surface area contributed by atoms with E-state index in [4.69, 9.17) is 9.57 Å². The fraction of sp³-hybridized carbons (Fsp3) is 0.750. The predicted octanol–water partition coefficient (Wildman–Crippen LogP) is 3.50. The molecule has 0 bridgehead atoms. The van der Waals surface area contributed by atoms with Crippen molar-refractivity contribution in [2.24, 2.45) is 11.1 Å². The molecule has 2 atom stereocenters. The topological polar surface area (TPSA) is 68.1 Å². The minimum absolute atomic E-state index is 0.104. The van der Waals surface area contributed by atoms with Gasteiger partial charge in [-0.3, -0.25) is 0 Å². The maximum atomic E-state index is 12.4. The van der Waals surface area contributed by atoms with E-state index in [1.54, 1.807) is 0 Å². The molecule has 0 amide bonds. The SMILES string of the molecule is CCC/C(=N\OCC)C1=C(O)CC2(CCC(C)C2)OC1=O. The highest BCUT2D eigenvalue weighted by atomic mass is 16.6. The van der Waals surface area contributed by atoms with Gasteiger partial charge in [-0.05, 0) is 38.5 Å². The van der Waals surface area contributed by atoms with Crippen LogP contribution in [0.4, 0.5) is 0 Å². The van der Waals surface area contributed by atoms with Gasteiger partial charge in [0.15, 0.2) is 0 Å². The Bertz CT molecular complexity index is 469. The highest BCUT2D eigenvalue weighted by Crippen LogP contribution is 2.44. The Hall–Kier alpha value is -1.52. The zero-order chi connectivity index (χ0) is 15.5. The Balaban J connectivity index is 2.26. The Kier molecular flexibility index (Phi) is 4.91. The summed E-state index contributed by atoms with van der Waals surface area (Å²) in [7, 11) is 0. The minimum atomic E-state index is -0.507. The average molecular weight is 295 g/mol. The van der Waals surface area contributed by atoms with Crippen LogP contribution in [0.25, 0.3) is 0 Å². The summed E-state index contributed by atoms with van der Waals surface area (Å²) in [6, 6.07) is 0. The molecule has 0 saturated heterocycles. The van der Waals surface area contributed by atoms with Crippen LogP contribution in [0.1, 0.15) is 59.3 Å². The number of aliphatic hydroxyl groups excluding tert-OH is 1. The number of rotatable bonds is 5. The maximum absolute atomic E-state index is 12.4. The van der Waals surface area contributed by atoms with Crippen molar-refractivity contribution in [2.45, 2.75) is 64.9 Å². The summed E-state index contributed by atoms with van der Waals surface area (Å²) in [5, 5.41) is 14.4. The summed E-state index contributed by atoms with van der Waals surface area (Å²) >= 11 is 0. The monoisotopic (exact) mass is 295 g/mol. The molecule has 1 aliphatic heterocycles. The molecule has 118 valence electrons. The molecule has 1 saturated carbocycles. The first-order valence-electron chi connectivity index (χ1n) is 7.86. The first-order valence-corrected chi connectivity index (χ1v) is 7.86. The summed E-state index contributed by atoms with van der Waals surface area (Å²) in [5.41, 5.74) is 0.186. The van der Waals surface area contributed by atoms with Gasteiger partial charge in [-0.1, -0.05) is 25.4 Å². The Labute approximate surface area is 126 Å². The van der Waals surface area contributed by atoms with E-state index in [0.29, 0.717) is 31.1 Å². The number of carbonyl (C=O) groups excluding carboxylic acids is 1. The molecule has 1 heterocycles. The summed E-state index contributed by atoms with van der Waals surface area (Å²) in [6.45, 7) is 6.40. The summed E-state index contributed by atoms with van der Waals surface area (Å²) in [5.74, 6) is 0.173. The largest absolute Gasteiger partial charge is 0.511 e. The van der Waals surface area contributed by atoms with Crippen LogP contribution in [0.2, 0.25) is 0 Å². The fourth-order valence-corrected chi connectivity index (χ4v) is 3.28. The number of hydrogen-bond acceptors (Lipinski definition) is 5. The quantitative estimate of drug-likeness (QED) is 0.479. The second-order valence-electron chi connectivity index (χ2n) is 6.12. The number of aliphatic hydroxyl groups is 1. The molecule has 2 unspecified atom stereocenters. The minimum Gasteiger partial charge on any atom is -0.511 e. The lowest BCUT2D eigenvalue weighted by molar-refractivity contribution is -0.157. The van der Waals surface area contributed by atoms with Gasteiger partial charge < -0.3 is 14.7 Å². The van der Waals surface area contributed by atoms with Crippen molar-refractivity contribution in [2.75, 3.05) is 6.61 Å².